The predicted molar refractivity (Wildman–Crippen MR) is 113 cm³/mol. The molecule has 0 saturated heterocycles. The molecule has 0 aliphatic carbocycles. The number of nitrogens with one attached hydrogen (secondary N) is 1. The normalized spacial score (nSPS) is 12.2. The summed E-state index contributed by atoms with van der Waals surface area (Å²) in [5.41, 5.74) is 4.08. The first-order valence-electron chi connectivity index (χ1n) is 9.38. The van der Waals surface area contributed by atoms with E-state index in [1.165, 1.54) is 16.9 Å². The number of aryl methyl sites for hydroxylation is 1. The molecule has 29 heavy (non-hydrogen) atoms. The average molecular weight is 410 g/mol. The minimum absolute atomic E-state index is 0.0740. The monoisotopic (exact) mass is 410 g/mol. The molecule has 0 spiro atoms. The van der Waals surface area contributed by atoms with Gasteiger partial charge in [0.05, 0.1) is 26.5 Å². The Morgan fingerprint density at radius 3 is 2.72 bits per heavy atom. The topological polar surface area (TPSA) is 69.7 Å². The van der Waals surface area contributed by atoms with Gasteiger partial charge < -0.3 is 19.5 Å². The number of nitrogens with zero attached hydrogens (tertiary/aromatic N) is 1. The highest BCUT2D eigenvalue weighted by atomic mass is 32.1. The number of aromatic nitrogens is 1. The fraction of sp³-hybridized carbons (Fsp3) is 0.273. The molecule has 2 heterocycles. The molecule has 1 aliphatic heterocycles. The molecule has 0 unspecified atom stereocenters. The number of carbonyl (C=O) groups is 1. The van der Waals surface area contributed by atoms with Crippen LogP contribution in [0.5, 0.6) is 17.2 Å². The van der Waals surface area contributed by atoms with Crippen molar-refractivity contribution in [2.24, 2.45) is 0 Å². The standard InChI is InChI=1S/C22H22N2O4S/c1-26-17-9-14(10-18(12-17)27-2)3-6-21(25)24-22-23-19(13-29-22)15-4-5-20-16(11-15)7-8-28-20/h4-5,9-13H,3,6-8H2,1-2H3,(H,23,24,25). The lowest BCUT2D eigenvalue weighted by Gasteiger charge is -2.08. The first kappa shape index (κ1) is 19.3. The Bertz CT molecular complexity index is 1010. The van der Waals surface area contributed by atoms with Crippen LogP contribution in [0.4, 0.5) is 5.13 Å². The molecule has 0 bridgehead atoms. The molecular weight excluding hydrogens is 388 g/mol. The van der Waals surface area contributed by atoms with E-state index in [2.05, 4.69) is 16.4 Å². The molecule has 150 valence electrons. The highest BCUT2D eigenvalue weighted by Crippen LogP contribution is 2.32. The largest absolute Gasteiger partial charge is 0.497 e. The summed E-state index contributed by atoms with van der Waals surface area (Å²) in [7, 11) is 3.22. The number of hydrogen-bond donors (Lipinski definition) is 1. The Hall–Kier alpha value is -3.06. The number of thiazole rings is 1. The third kappa shape index (κ3) is 4.51. The number of carbonyl (C=O) groups excluding carboxylic acids is 1. The third-order valence-electron chi connectivity index (χ3n) is 4.79. The van der Waals surface area contributed by atoms with E-state index in [9.17, 15) is 4.79 Å². The highest BCUT2D eigenvalue weighted by Gasteiger charge is 2.14. The van der Waals surface area contributed by atoms with Crippen LogP contribution in [0.1, 0.15) is 17.5 Å². The van der Waals surface area contributed by atoms with Crippen LogP contribution in [0.3, 0.4) is 0 Å². The molecule has 7 heteroatoms. The quantitative estimate of drug-likeness (QED) is 0.628. The molecule has 4 rings (SSSR count). The van der Waals surface area contributed by atoms with Crippen LogP contribution in [0.2, 0.25) is 0 Å². The molecule has 0 saturated carbocycles. The van der Waals surface area contributed by atoms with Crippen LogP contribution in [0.25, 0.3) is 11.3 Å². The van der Waals surface area contributed by atoms with E-state index in [1.807, 2.05) is 35.7 Å². The van der Waals surface area contributed by atoms with E-state index in [0.29, 0.717) is 29.5 Å². The second kappa shape index (κ2) is 8.53. The summed E-state index contributed by atoms with van der Waals surface area (Å²) in [6.07, 6.45) is 1.86. The van der Waals surface area contributed by atoms with E-state index in [0.717, 1.165) is 35.6 Å². The fourth-order valence-electron chi connectivity index (χ4n) is 3.26. The molecule has 2 aromatic carbocycles. The van der Waals surface area contributed by atoms with Gasteiger partial charge in [-0.3, -0.25) is 4.79 Å². The van der Waals surface area contributed by atoms with Crippen LogP contribution < -0.4 is 19.5 Å². The van der Waals surface area contributed by atoms with Gasteiger partial charge in [-0.15, -0.1) is 11.3 Å². The van der Waals surface area contributed by atoms with Crippen molar-refractivity contribution in [3.05, 3.63) is 52.9 Å². The maximum Gasteiger partial charge on any atom is 0.226 e. The summed E-state index contributed by atoms with van der Waals surface area (Å²) in [6.45, 7) is 0.732. The molecule has 1 aliphatic rings. The zero-order valence-corrected chi connectivity index (χ0v) is 17.2. The lowest BCUT2D eigenvalue weighted by atomic mass is 10.1. The number of ether oxygens (including phenoxy) is 3. The van der Waals surface area contributed by atoms with Crippen LogP contribution in [0, 0.1) is 0 Å². The number of fused-ring (bicyclic) bond motifs is 1. The Labute approximate surface area is 173 Å². The Morgan fingerprint density at radius 1 is 1.17 bits per heavy atom. The van der Waals surface area contributed by atoms with Gasteiger partial charge in [-0.05, 0) is 47.9 Å². The van der Waals surface area contributed by atoms with Crippen molar-refractivity contribution in [3.63, 3.8) is 0 Å². The SMILES string of the molecule is COc1cc(CCC(=O)Nc2nc(-c3ccc4c(c3)CCO4)cs2)cc(OC)c1. The van der Waals surface area contributed by atoms with E-state index < -0.39 is 0 Å². The van der Waals surface area contributed by atoms with Gasteiger partial charge in [-0.1, -0.05) is 0 Å². The zero-order valence-electron chi connectivity index (χ0n) is 16.4. The van der Waals surface area contributed by atoms with Gasteiger partial charge in [0.25, 0.3) is 0 Å². The molecule has 6 nitrogen and oxygen atoms in total. The minimum Gasteiger partial charge on any atom is -0.497 e. The van der Waals surface area contributed by atoms with Crippen LogP contribution in [-0.4, -0.2) is 31.7 Å². The predicted octanol–water partition coefficient (Wildman–Crippen LogP) is 4.33. The van der Waals surface area contributed by atoms with Crippen molar-refractivity contribution in [3.8, 4) is 28.5 Å². The Morgan fingerprint density at radius 2 is 1.97 bits per heavy atom. The Balaban J connectivity index is 1.37. The molecule has 1 aromatic heterocycles. The molecule has 0 radical (unpaired) electrons. The van der Waals surface area contributed by atoms with Gasteiger partial charge in [-0.25, -0.2) is 4.98 Å². The van der Waals surface area contributed by atoms with E-state index in [-0.39, 0.29) is 5.91 Å². The summed E-state index contributed by atoms with van der Waals surface area (Å²) in [5.74, 6) is 2.30. The number of amides is 1. The lowest BCUT2D eigenvalue weighted by molar-refractivity contribution is -0.116. The maximum absolute atomic E-state index is 12.4. The summed E-state index contributed by atoms with van der Waals surface area (Å²) in [6, 6.07) is 11.7. The summed E-state index contributed by atoms with van der Waals surface area (Å²) >= 11 is 1.43. The van der Waals surface area contributed by atoms with Crippen LogP contribution >= 0.6 is 11.3 Å². The second-order valence-electron chi connectivity index (χ2n) is 6.73. The summed E-state index contributed by atoms with van der Waals surface area (Å²) < 4.78 is 16.1. The first-order valence-corrected chi connectivity index (χ1v) is 10.3. The van der Waals surface area contributed by atoms with E-state index in [1.54, 1.807) is 14.2 Å². The fourth-order valence-corrected chi connectivity index (χ4v) is 4.00. The van der Waals surface area contributed by atoms with Gasteiger partial charge in [0, 0.05) is 29.9 Å². The smallest absolute Gasteiger partial charge is 0.226 e. The van der Waals surface area contributed by atoms with Gasteiger partial charge in [-0.2, -0.15) is 0 Å². The first-order chi connectivity index (χ1) is 14.1. The third-order valence-corrected chi connectivity index (χ3v) is 5.55. The van der Waals surface area contributed by atoms with Gasteiger partial charge in [0.2, 0.25) is 5.91 Å². The summed E-state index contributed by atoms with van der Waals surface area (Å²) in [5, 5.41) is 5.45. The van der Waals surface area contributed by atoms with Crippen LogP contribution in [0.15, 0.2) is 41.8 Å². The molecular formula is C22H22N2O4S. The molecule has 3 aromatic rings. The zero-order chi connectivity index (χ0) is 20.2. The Kier molecular flexibility index (Phi) is 5.67. The number of anilines is 1. The maximum atomic E-state index is 12.4. The average Bonchev–Trinajstić information content (AvgIpc) is 3.40. The van der Waals surface area contributed by atoms with Crippen LogP contribution in [-0.2, 0) is 17.6 Å². The van der Waals surface area contributed by atoms with Crippen molar-refractivity contribution in [2.45, 2.75) is 19.3 Å². The van der Waals surface area contributed by atoms with Crippen molar-refractivity contribution < 1.29 is 19.0 Å². The van der Waals surface area contributed by atoms with Crippen molar-refractivity contribution >= 4 is 22.4 Å². The molecule has 1 N–H and O–H groups in total. The number of methoxy groups -OCH3 is 2. The molecule has 0 atom stereocenters. The van der Waals surface area contributed by atoms with Crippen molar-refractivity contribution in [2.75, 3.05) is 26.1 Å². The number of benzene rings is 2. The second-order valence-corrected chi connectivity index (χ2v) is 7.59. The van der Waals surface area contributed by atoms with Gasteiger partial charge in [0.1, 0.15) is 17.2 Å². The molecule has 0 fully saturated rings. The number of hydrogen-bond acceptors (Lipinski definition) is 6. The number of rotatable bonds is 7. The molecule has 1 amide bonds. The van der Waals surface area contributed by atoms with Crippen molar-refractivity contribution in [1.82, 2.24) is 4.98 Å². The van der Waals surface area contributed by atoms with E-state index >= 15 is 0 Å². The highest BCUT2D eigenvalue weighted by molar-refractivity contribution is 7.14. The van der Waals surface area contributed by atoms with E-state index in [4.69, 9.17) is 14.2 Å². The lowest BCUT2D eigenvalue weighted by Crippen LogP contribution is -2.12. The minimum atomic E-state index is -0.0740. The van der Waals surface area contributed by atoms with Gasteiger partial charge in [0.15, 0.2) is 5.13 Å². The van der Waals surface area contributed by atoms with Gasteiger partial charge >= 0.3 is 0 Å². The summed E-state index contributed by atoms with van der Waals surface area (Å²) in [4.78, 5) is 16.9. The van der Waals surface area contributed by atoms with Crippen molar-refractivity contribution in [1.29, 1.82) is 0 Å².